The molecule has 0 amide bonds. The molecule has 3 heteroatoms. The fraction of sp³-hybridized carbons (Fsp3) is 0.278. The van der Waals surface area contributed by atoms with Crippen molar-refractivity contribution in [3.05, 3.63) is 65.2 Å². The van der Waals surface area contributed by atoms with Crippen molar-refractivity contribution in [3.8, 4) is 5.75 Å². The zero-order valence-electron chi connectivity index (χ0n) is 12.5. The van der Waals surface area contributed by atoms with Crippen molar-refractivity contribution in [1.82, 2.24) is 0 Å². The van der Waals surface area contributed by atoms with Gasteiger partial charge in [-0.25, -0.2) is 0 Å². The van der Waals surface area contributed by atoms with E-state index < -0.39 is 0 Å². The van der Waals surface area contributed by atoms with E-state index in [9.17, 15) is 4.79 Å². The van der Waals surface area contributed by atoms with Crippen LogP contribution in [-0.2, 0) is 6.61 Å². The highest BCUT2D eigenvalue weighted by Gasteiger charge is 2.08. The molecule has 2 aromatic rings. The molecular formula is C18H20O2S. The number of ether oxygens (including phenoxy) is 1. The van der Waals surface area contributed by atoms with Crippen LogP contribution in [0.25, 0.3) is 0 Å². The fourth-order valence-electron chi connectivity index (χ4n) is 2.00. The Labute approximate surface area is 130 Å². The zero-order valence-corrected chi connectivity index (χ0v) is 13.3. The monoisotopic (exact) mass is 300 g/mol. The molecule has 0 saturated carbocycles. The molecule has 0 atom stereocenters. The summed E-state index contributed by atoms with van der Waals surface area (Å²) in [6, 6.07) is 15.7. The molecule has 110 valence electrons. The average molecular weight is 300 g/mol. The Hall–Kier alpha value is -1.74. The van der Waals surface area contributed by atoms with Crippen LogP contribution in [0.1, 0.15) is 28.4 Å². The number of hydrogen-bond acceptors (Lipinski definition) is 3. The molecule has 2 rings (SSSR count). The highest BCUT2D eigenvalue weighted by molar-refractivity contribution is 7.99. The Bertz CT molecular complexity index is 593. The molecule has 21 heavy (non-hydrogen) atoms. The number of carbonyl (C=O) groups excluding carboxylic acids is 1. The second-order valence-electron chi connectivity index (χ2n) is 4.81. The second kappa shape index (κ2) is 7.89. The van der Waals surface area contributed by atoms with Gasteiger partial charge in [-0.2, -0.15) is 11.8 Å². The van der Waals surface area contributed by atoms with E-state index in [4.69, 9.17) is 4.74 Å². The Balaban J connectivity index is 2.00. The molecule has 0 saturated heterocycles. The summed E-state index contributed by atoms with van der Waals surface area (Å²) >= 11 is 1.65. The summed E-state index contributed by atoms with van der Waals surface area (Å²) in [4.78, 5) is 12.0. The number of rotatable bonds is 7. The third-order valence-electron chi connectivity index (χ3n) is 3.17. The predicted octanol–water partition coefficient (Wildman–Crippen LogP) is 4.51. The van der Waals surface area contributed by atoms with E-state index in [1.54, 1.807) is 11.8 Å². The smallest absolute Gasteiger partial charge is 0.172 e. The lowest BCUT2D eigenvalue weighted by molar-refractivity contribution is 0.102. The summed E-state index contributed by atoms with van der Waals surface area (Å²) in [6.45, 7) is 4.58. The van der Waals surface area contributed by atoms with Crippen LogP contribution >= 0.6 is 11.8 Å². The lowest BCUT2D eigenvalue weighted by Crippen LogP contribution is -2.04. The van der Waals surface area contributed by atoms with Crippen LogP contribution < -0.4 is 4.74 Å². The van der Waals surface area contributed by atoms with E-state index in [2.05, 4.69) is 6.92 Å². The van der Waals surface area contributed by atoms with Crippen molar-refractivity contribution in [1.29, 1.82) is 0 Å². The van der Waals surface area contributed by atoms with Crippen molar-refractivity contribution < 1.29 is 9.53 Å². The molecule has 0 aromatic heterocycles. The molecule has 0 heterocycles. The molecule has 0 aliphatic carbocycles. The summed E-state index contributed by atoms with van der Waals surface area (Å²) in [5, 5.41) is 0. The lowest BCUT2D eigenvalue weighted by Gasteiger charge is -2.10. The van der Waals surface area contributed by atoms with Gasteiger partial charge in [0.2, 0.25) is 0 Å². The van der Waals surface area contributed by atoms with E-state index >= 15 is 0 Å². The first-order valence-corrected chi connectivity index (χ1v) is 8.24. The van der Waals surface area contributed by atoms with Gasteiger partial charge in [-0.05, 0) is 42.0 Å². The summed E-state index contributed by atoms with van der Waals surface area (Å²) in [6.07, 6.45) is 0. The fourth-order valence-corrected chi connectivity index (χ4v) is 2.55. The standard InChI is InChI=1S/C18H20O2S/c1-3-21-13-17(19)16-9-10-18(14(2)11-16)20-12-15-7-5-4-6-8-15/h4-11H,3,12-13H2,1-2H3. The van der Waals surface area contributed by atoms with Crippen LogP contribution in [0.2, 0.25) is 0 Å². The number of benzene rings is 2. The van der Waals surface area contributed by atoms with Crippen LogP contribution in [0.4, 0.5) is 0 Å². The topological polar surface area (TPSA) is 26.3 Å². The Morgan fingerprint density at radius 1 is 1.14 bits per heavy atom. The Morgan fingerprint density at radius 2 is 1.90 bits per heavy atom. The van der Waals surface area contributed by atoms with Crippen LogP contribution in [0.15, 0.2) is 48.5 Å². The zero-order chi connectivity index (χ0) is 15.1. The summed E-state index contributed by atoms with van der Waals surface area (Å²) < 4.78 is 5.82. The molecule has 0 fully saturated rings. The van der Waals surface area contributed by atoms with Crippen molar-refractivity contribution in [2.45, 2.75) is 20.5 Å². The number of Topliss-reactive ketones (excluding diaryl/α,β-unsaturated/α-hetero) is 1. The van der Waals surface area contributed by atoms with Crippen molar-refractivity contribution in [2.24, 2.45) is 0 Å². The maximum Gasteiger partial charge on any atom is 0.172 e. The van der Waals surface area contributed by atoms with E-state index in [1.807, 2.05) is 55.5 Å². The molecule has 0 N–H and O–H groups in total. The minimum atomic E-state index is 0.180. The Kier molecular flexibility index (Phi) is 5.88. The molecule has 0 bridgehead atoms. The number of hydrogen-bond donors (Lipinski definition) is 0. The minimum Gasteiger partial charge on any atom is -0.489 e. The van der Waals surface area contributed by atoms with Crippen LogP contribution in [-0.4, -0.2) is 17.3 Å². The van der Waals surface area contributed by atoms with Gasteiger partial charge in [0, 0.05) is 5.56 Å². The molecule has 2 aromatic carbocycles. The largest absolute Gasteiger partial charge is 0.489 e. The van der Waals surface area contributed by atoms with E-state index in [0.717, 1.165) is 28.2 Å². The van der Waals surface area contributed by atoms with Gasteiger partial charge in [0.15, 0.2) is 5.78 Å². The van der Waals surface area contributed by atoms with Crippen molar-refractivity contribution in [2.75, 3.05) is 11.5 Å². The van der Waals surface area contributed by atoms with Crippen molar-refractivity contribution >= 4 is 17.5 Å². The van der Waals surface area contributed by atoms with Gasteiger partial charge in [-0.15, -0.1) is 0 Å². The number of thioether (sulfide) groups is 1. The summed E-state index contributed by atoms with van der Waals surface area (Å²) in [5.74, 6) is 2.52. The molecule has 0 unspecified atom stereocenters. The second-order valence-corrected chi connectivity index (χ2v) is 6.09. The summed E-state index contributed by atoms with van der Waals surface area (Å²) in [5.41, 5.74) is 2.90. The first-order valence-electron chi connectivity index (χ1n) is 7.09. The first-order chi connectivity index (χ1) is 10.2. The van der Waals surface area contributed by atoms with Gasteiger partial charge in [0.25, 0.3) is 0 Å². The molecule has 0 spiro atoms. The SMILES string of the molecule is CCSCC(=O)c1ccc(OCc2ccccc2)c(C)c1. The van der Waals surface area contributed by atoms with Gasteiger partial charge in [0.1, 0.15) is 12.4 Å². The van der Waals surface area contributed by atoms with E-state index in [-0.39, 0.29) is 5.78 Å². The quantitative estimate of drug-likeness (QED) is 0.704. The van der Waals surface area contributed by atoms with E-state index in [0.29, 0.717) is 12.4 Å². The maximum absolute atomic E-state index is 12.0. The first kappa shape index (κ1) is 15.6. The normalized spacial score (nSPS) is 10.4. The maximum atomic E-state index is 12.0. The van der Waals surface area contributed by atoms with Gasteiger partial charge < -0.3 is 4.74 Å². The lowest BCUT2D eigenvalue weighted by atomic mass is 10.1. The third kappa shape index (κ3) is 4.64. The third-order valence-corrected chi connectivity index (χ3v) is 4.05. The number of carbonyl (C=O) groups is 1. The highest BCUT2D eigenvalue weighted by atomic mass is 32.2. The molecule has 0 aliphatic rings. The van der Waals surface area contributed by atoms with Gasteiger partial charge >= 0.3 is 0 Å². The van der Waals surface area contributed by atoms with Gasteiger partial charge in [0.05, 0.1) is 5.75 Å². The summed E-state index contributed by atoms with van der Waals surface area (Å²) in [7, 11) is 0. The predicted molar refractivity (Wildman–Crippen MR) is 89.3 cm³/mol. The van der Waals surface area contributed by atoms with E-state index in [1.165, 1.54) is 0 Å². The Morgan fingerprint density at radius 3 is 2.57 bits per heavy atom. The van der Waals surface area contributed by atoms with Crippen LogP contribution in [0.5, 0.6) is 5.75 Å². The average Bonchev–Trinajstić information content (AvgIpc) is 2.52. The highest BCUT2D eigenvalue weighted by Crippen LogP contribution is 2.21. The number of ketones is 1. The molecular weight excluding hydrogens is 280 g/mol. The van der Waals surface area contributed by atoms with Gasteiger partial charge in [-0.3, -0.25) is 4.79 Å². The number of aryl methyl sites for hydroxylation is 1. The van der Waals surface area contributed by atoms with Crippen LogP contribution in [0, 0.1) is 6.92 Å². The molecule has 2 nitrogen and oxygen atoms in total. The molecule has 0 aliphatic heterocycles. The van der Waals surface area contributed by atoms with Crippen LogP contribution in [0.3, 0.4) is 0 Å². The molecule has 0 radical (unpaired) electrons. The van der Waals surface area contributed by atoms with Crippen molar-refractivity contribution in [3.63, 3.8) is 0 Å². The minimum absolute atomic E-state index is 0.180. The van der Waals surface area contributed by atoms with Gasteiger partial charge in [-0.1, -0.05) is 37.3 Å².